The Morgan fingerprint density at radius 1 is 1.54 bits per heavy atom. The smallest absolute Gasteiger partial charge is 0.201 e. The number of hydrogen-bond acceptors (Lipinski definition) is 2. The molecule has 0 radical (unpaired) electrons. The molecule has 1 aromatic rings. The Balaban J connectivity index is 2.76. The largest absolute Gasteiger partial charge is 0.369 e. The highest BCUT2D eigenvalue weighted by molar-refractivity contribution is 6.30. The molecule has 1 aromatic heterocycles. The number of halogens is 1. The van der Waals surface area contributed by atoms with E-state index in [0.717, 1.165) is 18.5 Å². The van der Waals surface area contributed by atoms with Crippen LogP contribution in [0.5, 0.6) is 0 Å². The summed E-state index contributed by atoms with van der Waals surface area (Å²) in [5.74, 6) is 1.16. The van der Waals surface area contributed by atoms with Gasteiger partial charge in [-0.2, -0.15) is 0 Å². The van der Waals surface area contributed by atoms with Crippen LogP contribution in [-0.2, 0) is 13.5 Å². The van der Waals surface area contributed by atoms with Gasteiger partial charge in [0.1, 0.15) is 0 Å². The molecule has 0 spiro atoms. The second kappa shape index (κ2) is 4.01. The lowest BCUT2D eigenvalue weighted by Crippen LogP contribution is -2.02. The van der Waals surface area contributed by atoms with E-state index < -0.39 is 0 Å². The molecule has 3 nitrogen and oxygen atoms in total. The highest BCUT2D eigenvalue weighted by atomic mass is 35.5. The van der Waals surface area contributed by atoms with E-state index in [0.29, 0.717) is 17.0 Å². The van der Waals surface area contributed by atoms with Gasteiger partial charge in [-0.25, -0.2) is 4.98 Å². The van der Waals surface area contributed by atoms with Gasteiger partial charge < -0.3 is 10.3 Å². The van der Waals surface area contributed by atoms with Crippen LogP contribution in [0.2, 0.25) is 5.15 Å². The number of anilines is 1. The summed E-state index contributed by atoms with van der Waals surface area (Å²) in [4.78, 5) is 3.99. The molecule has 0 unspecified atom stereocenters. The van der Waals surface area contributed by atoms with E-state index in [9.17, 15) is 0 Å². The van der Waals surface area contributed by atoms with Crippen LogP contribution in [0, 0.1) is 5.92 Å². The molecule has 2 N–H and O–H groups in total. The second-order valence-electron chi connectivity index (χ2n) is 3.70. The Hall–Kier alpha value is -0.700. The van der Waals surface area contributed by atoms with Gasteiger partial charge in [-0.1, -0.05) is 25.4 Å². The zero-order valence-electron chi connectivity index (χ0n) is 8.34. The normalized spacial score (nSPS) is 11.2. The van der Waals surface area contributed by atoms with Crippen molar-refractivity contribution in [2.75, 3.05) is 5.73 Å². The van der Waals surface area contributed by atoms with E-state index >= 15 is 0 Å². The summed E-state index contributed by atoms with van der Waals surface area (Å²) >= 11 is 5.92. The quantitative estimate of drug-likeness (QED) is 0.815. The summed E-state index contributed by atoms with van der Waals surface area (Å²) in [5, 5.41) is 0.542. The lowest BCUT2D eigenvalue weighted by molar-refractivity contribution is 0.574. The lowest BCUT2D eigenvalue weighted by atomic mass is 10.1. The Morgan fingerprint density at radius 3 is 2.54 bits per heavy atom. The maximum absolute atomic E-state index is 5.92. The minimum atomic E-state index is 0.490. The number of aromatic nitrogens is 2. The summed E-state index contributed by atoms with van der Waals surface area (Å²) < 4.78 is 1.85. The molecule has 0 amide bonds. The van der Waals surface area contributed by atoms with Gasteiger partial charge in [0.25, 0.3) is 0 Å². The maximum Gasteiger partial charge on any atom is 0.201 e. The summed E-state index contributed by atoms with van der Waals surface area (Å²) in [6, 6.07) is 0. The molecule has 74 valence electrons. The summed E-state index contributed by atoms with van der Waals surface area (Å²) in [6.07, 6.45) is 2.05. The molecule has 0 fully saturated rings. The highest BCUT2D eigenvalue weighted by Crippen LogP contribution is 2.20. The Morgan fingerprint density at radius 2 is 2.15 bits per heavy atom. The molecule has 13 heavy (non-hydrogen) atoms. The Bertz CT molecular complexity index is 291. The minimum absolute atomic E-state index is 0.490. The molecular formula is C9H16ClN3. The van der Waals surface area contributed by atoms with Crippen LogP contribution in [0.4, 0.5) is 5.95 Å². The first-order valence-corrected chi connectivity index (χ1v) is 4.86. The zero-order chi connectivity index (χ0) is 10.0. The first kappa shape index (κ1) is 10.4. The number of nitrogen functional groups attached to an aromatic ring is 1. The molecule has 1 rings (SSSR count). The number of nitrogens with zero attached hydrogens (tertiary/aromatic N) is 2. The summed E-state index contributed by atoms with van der Waals surface area (Å²) in [7, 11) is 1.89. The van der Waals surface area contributed by atoms with E-state index in [1.165, 1.54) is 0 Å². The van der Waals surface area contributed by atoms with Gasteiger partial charge in [-0.3, -0.25) is 0 Å². The standard InChI is InChI=1S/C9H16ClN3/c1-6(2)4-5-7-8(10)12-9(11)13(7)3/h6H,4-5H2,1-3H3,(H2,11,12). The molecule has 0 aliphatic rings. The lowest BCUT2D eigenvalue weighted by Gasteiger charge is -2.05. The SMILES string of the molecule is CC(C)CCc1c(Cl)nc(N)n1C. The van der Waals surface area contributed by atoms with Crippen molar-refractivity contribution >= 4 is 17.5 Å². The average Bonchev–Trinajstić information content (AvgIpc) is 2.24. The predicted octanol–water partition coefficient (Wildman–Crippen LogP) is 2.24. The molecule has 0 aliphatic carbocycles. The monoisotopic (exact) mass is 201 g/mol. The average molecular weight is 202 g/mol. The molecular weight excluding hydrogens is 186 g/mol. The van der Waals surface area contributed by atoms with Gasteiger partial charge in [0.05, 0.1) is 5.69 Å². The number of nitrogens with two attached hydrogens (primary N) is 1. The number of rotatable bonds is 3. The molecule has 0 saturated carbocycles. The van der Waals surface area contributed by atoms with Gasteiger partial charge in [0.15, 0.2) is 5.15 Å². The van der Waals surface area contributed by atoms with Gasteiger partial charge in [0, 0.05) is 7.05 Å². The Labute approximate surface area is 83.9 Å². The maximum atomic E-state index is 5.92. The topological polar surface area (TPSA) is 43.8 Å². The third-order valence-corrected chi connectivity index (χ3v) is 2.46. The molecule has 0 aliphatic heterocycles. The third-order valence-electron chi connectivity index (χ3n) is 2.16. The molecule has 0 aromatic carbocycles. The van der Waals surface area contributed by atoms with E-state index in [-0.39, 0.29) is 0 Å². The van der Waals surface area contributed by atoms with Gasteiger partial charge >= 0.3 is 0 Å². The summed E-state index contributed by atoms with van der Waals surface area (Å²) in [5.41, 5.74) is 6.65. The molecule has 4 heteroatoms. The summed E-state index contributed by atoms with van der Waals surface area (Å²) in [6.45, 7) is 4.38. The van der Waals surface area contributed by atoms with Crippen molar-refractivity contribution in [1.82, 2.24) is 9.55 Å². The van der Waals surface area contributed by atoms with Gasteiger partial charge in [0.2, 0.25) is 5.95 Å². The fraction of sp³-hybridized carbons (Fsp3) is 0.667. The van der Waals surface area contributed by atoms with Crippen molar-refractivity contribution in [3.63, 3.8) is 0 Å². The predicted molar refractivity (Wildman–Crippen MR) is 55.8 cm³/mol. The number of hydrogen-bond donors (Lipinski definition) is 1. The zero-order valence-corrected chi connectivity index (χ0v) is 9.10. The van der Waals surface area contributed by atoms with Crippen LogP contribution in [0.25, 0.3) is 0 Å². The third kappa shape index (κ3) is 2.37. The fourth-order valence-electron chi connectivity index (χ4n) is 1.21. The van der Waals surface area contributed by atoms with E-state index in [2.05, 4.69) is 18.8 Å². The van der Waals surface area contributed by atoms with Crippen molar-refractivity contribution in [3.8, 4) is 0 Å². The first-order chi connectivity index (χ1) is 6.02. The van der Waals surface area contributed by atoms with E-state index in [4.69, 9.17) is 17.3 Å². The van der Waals surface area contributed by atoms with Crippen LogP contribution in [0.3, 0.4) is 0 Å². The second-order valence-corrected chi connectivity index (χ2v) is 4.06. The highest BCUT2D eigenvalue weighted by Gasteiger charge is 2.10. The minimum Gasteiger partial charge on any atom is -0.369 e. The van der Waals surface area contributed by atoms with Gasteiger partial charge in [-0.05, 0) is 18.8 Å². The van der Waals surface area contributed by atoms with Gasteiger partial charge in [-0.15, -0.1) is 0 Å². The van der Waals surface area contributed by atoms with Crippen molar-refractivity contribution < 1.29 is 0 Å². The molecule has 0 bridgehead atoms. The van der Waals surface area contributed by atoms with Crippen LogP contribution in [0.15, 0.2) is 0 Å². The first-order valence-electron chi connectivity index (χ1n) is 4.49. The van der Waals surface area contributed by atoms with Crippen molar-refractivity contribution in [1.29, 1.82) is 0 Å². The Kier molecular flexibility index (Phi) is 3.20. The molecule has 1 heterocycles. The van der Waals surface area contributed by atoms with Crippen LogP contribution >= 0.6 is 11.6 Å². The van der Waals surface area contributed by atoms with Crippen molar-refractivity contribution in [3.05, 3.63) is 10.8 Å². The van der Waals surface area contributed by atoms with E-state index in [1.807, 2.05) is 11.6 Å². The molecule has 0 saturated heterocycles. The fourth-order valence-corrected chi connectivity index (χ4v) is 1.52. The number of imidazole rings is 1. The van der Waals surface area contributed by atoms with Crippen molar-refractivity contribution in [2.24, 2.45) is 13.0 Å². The van der Waals surface area contributed by atoms with Crippen LogP contribution in [-0.4, -0.2) is 9.55 Å². The van der Waals surface area contributed by atoms with E-state index in [1.54, 1.807) is 0 Å². The molecule has 0 atom stereocenters. The van der Waals surface area contributed by atoms with Crippen LogP contribution in [0.1, 0.15) is 26.0 Å². The van der Waals surface area contributed by atoms with Crippen LogP contribution < -0.4 is 5.73 Å². The van der Waals surface area contributed by atoms with Crippen molar-refractivity contribution in [2.45, 2.75) is 26.7 Å².